The van der Waals surface area contributed by atoms with E-state index >= 15 is 0 Å². The lowest BCUT2D eigenvalue weighted by Gasteiger charge is -2.29. The van der Waals surface area contributed by atoms with E-state index in [-0.39, 0.29) is 11.8 Å². The lowest BCUT2D eigenvalue weighted by Crippen LogP contribution is -2.48. The van der Waals surface area contributed by atoms with Gasteiger partial charge in [0.2, 0.25) is 11.8 Å². The van der Waals surface area contributed by atoms with Crippen molar-refractivity contribution in [3.63, 3.8) is 0 Å². The number of rotatable bonds is 5. The minimum Gasteiger partial charge on any atom is -0.411 e. The highest BCUT2D eigenvalue weighted by Crippen LogP contribution is 2.25. The van der Waals surface area contributed by atoms with Gasteiger partial charge in [0.1, 0.15) is 0 Å². The molecule has 3 rings (SSSR count). The van der Waals surface area contributed by atoms with Crippen LogP contribution in [0, 0.1) is 19.8 Å². The van der Waals surface area contributed by atoms with Gasteiger partial charge in [0.15, 0.2) is 0 Å². The molecule has 1 aromatic carbocycles. The first kappa shape index (κ1) is 20.4. The van der Waals surface area contributed by atoms with Crippen LogP contribution < -0.4 is 10.6 Å². The van der Waals surface area contributed by atoms with E-state index in [0.717, 1.165) is 42.2 Å². The van der Waals surface area contributed by atoms with Gasteiger partial charge in [-0.25, -0.2) is 4.79 Å². The summed E-state index contributed by atoms with van der Waals surface area (Å²) in [5.41, 5.74) is 3.17. The van der Waals surface area contributed by atoms with Gasteiger partial charge in [-0.3, -0.25) is 10.1 Å². The fourth-order valence-electron chi connectivity index (χ4n) is 3.28. The molecule has 0 saturated heterocycles. The van der Waals surface area contributed by atoms with Crippen molar-refractivity contribution < 1.29 is 14.0 Å². The zero-order valence-electron chi connectivity index (χ0n) is 16.4. The van der Waals surface area contributed by atoms with E-state index in [1.165, 1.54) is 12.0 Å². The van der Waals surface area contributed by atoms with Gasteiger partial charge in [0.25, 0.3) is 5.22 Å². The van der Waals surface area contributed by atoms with E-state index in [2.05, 4.69) is 27.8 Å². The first-order chi connectivity index (χ1) is 13.4. The highest BCUT2D eigenvalue weighted by Gasteiger charge is 2.23. The summed E-state index contributed by atoms with van der Waals surface area (Å²) < 4.78 is 5.62. The molecule has 1 aliphatic rings. The molecule has 2 aromatic rings. The maximum atomic E-state index is 12.0. The van der Waals surface area contributed by atoms with Crippen LogP contribution in [0.1, 0.15) is 43.7 Å². The van der Waals surface area contributed by atoms with E-state index < -0.39 is 11.9 Å². The zero-order valence-corrected chi connectivity index (χ0v) is 17.3. The summed E-state index contributed by atoms with van der Waals surface area (Å²) in [7, 11) is 0. The van der Waals surface area contributed by atoms with Crippen molar-refractivity contribution in [3.05, 3.63) is 29.3 Å². The summed E-state index contributed by atoms with van der Waals surface area (Å²) in [6.07, 6.45) is 4.37. The van der Waals surface area contributed by atoms with Crippen molar-refractivity contribution in [2.75, 3.05) is 5.75 Å². The van der Waals surface area contributed by atoms with Crippen LogP contribution in [0.4, 0.5) is 4.79 Å². The summed E-state index contributed by atoms with van der Waals surface area (Å²) in [6.45, 7) is 6.19. The topological polar surface area (TPSA) is 97.1 Å². The van der Waals surface area contributed by atoms with E-state index in [4.69, 9.17) is 4.42 Å². The molecule has 1 aliphatic carbocycles. The molecule has 0 radical (unpaired) electrons. The molecule has 28 heavy (non-hydrogen) atoms. The normalized spacial score (nSPS) is 19.2. The van der Waals surface area contributed by atoms with Gasteiger partial charge in [-0.2, -0.15) is 0 Å². The third-order valence-corrected chi connectivity index (χ3v) is 5.99. The maximum Gasteiger partial charge on any atom is 0.321 e. The molecule has 2 N–H and O–H groups in total. The molecule has 1 saturated carbocycles. The van der Waals surface area contributed by atoms with Crippen LogP contribution in [-0.2, 0) is 4.79 Å². The monoisotopic (exact) mass is 402 g/mol. The Kier molecular flexibility index (Phi) is 6.72. The number of hydrogen-bond donors (Lipinski definition) is 2. The number of benzene rings is 1. The third-order valence-electron chi connectivity index (χ3n) is 5.17. The number of aryl methyl sites for hydroxylation is 2. The number of aromatic nitrogens is 2. The second-order valence-corrected chi connectivity index (χ2v) is 8.28. The molecule has 0 unspecified atom stereocenters. The number of urea groups is 1. The van der Waals surface area contributed by atoms with Crippen LogP contribution in [0.5, 0.6) is 0 Å². The Hall–Kier alpha value is -2.35. The van der Waals surface area contributed by atoms with E-state index in [1.807, 2.05) is 32.0 Å². The SMILES string of the molecule is Cc1ccc(-c2nnc(SCC(=O)NC(=O)N[C@H]3CCCC[C@H]3C)o2)cc1C. The number of hydrogen-bond acceptors (Lipinski definition) is 6. The molecule has 0 spiro atoms. The molecular weight excluding hydrogens is 376 g/mol. The fraction of sp³-hybridized carbons (Fsp3) is 0.500. The van der Waals surface area contributed by atoms with E-state index in [1.54, 1.807) is 0 Å². The van der Waals surface area contributed by atoms with Gasteiger partial charge in [-0.1, -0.05) is 37.6 Å². The van der Waals surface area contributed by atoms with Crippen molar-refractivity contribution in [2.24, 2.45) is 5.92 Å². The van der Waals surface area contributed by atoms with Gasteiger partial charge in [-0.15, -0.1) is 10.2 Å². The third kappa shape index (κ3) is 5.34. The van der Waals surface area contributed by atoms with E-state index in [0.29, 0.717) is 17.0 Å². The number of carbonyl (C=O) groups excluding carboxylic acids is 2. The van der Waals surface area contributed by atoms with Crippen molar-refractivity contribution >= 4 is 23.7 Å². The van der Waals surface area contributed by atoms with Gasteiger partial charge in [-0.05, 0) is 55.9 Å². The Morgan fingerprint density at radius 3 is 2.71 bits per heavy atom. The fourth-order valence-corrected chi connectivity index (χ4v) is 3.85. The van der Waals surface area contributed by atoms with Crippen LogP contribution in [-0.4, -0.2) is 33.9 Å². The predicted molar refractivity (Wildman–Crippen MR) is 108 cm³/mol. The molecule has 0 aliphatic heterocycles. The standard InChI is InChI=1S/C20H26N4O3S/c1-12-8-9-15(10-14(12)3)18-23-24-20(27-18)28-11-17(25)22-19(26)21-16-7-5-4-6-13(16)2/h8-10,13,16H,4-7,11H2,1-3H3,(H2,21,22,25,26)/t13-,16+/m1/s1. The largest absolute Gasteiger partial charge is 0.411 e. The molecule has 1 aromatic heterocycles. The molecule has 1 fully saturated rings. The Bertz CT molecular complexity index is 852. The number of imide groups is 1. The minimum atomic E-state index is -0.439. The van der Waals surface area contributed by atoms with Crippen LogP contribution >= 0.6 is 11.8 Å². The molecule has 1 heterocycles. The number of thioether (sulfide) groups is 1. The maximum absolute atomic E-state index is 12.0. The van der Waals surface area contributed by atoms with Crippen LogP contribution in [0.2, 0.25) is 0 Å². The zero-order chi connectivity index (χ0) is 20.1. The predicted octanol–water partition coefficient (Wildman–Crippen LogP) is 3.85. The minimum absolute atomic E-state index is 0.0300. The Morgan fingerprint density at radius 2 is 1.96 bits per heavy atom. The van der Waals surface area contributed by atoms with Crippen LogP contribution in [0.15, 0.2) is 27.8 Å². The number of carbonyl (C=O) groups is 2. The number of nitrogens with one attached hydrogen (secondary N) is 2. The molecular formula is C20H26N4O3S. The van der Waals surface area contributed by atoms with Crippen molar-refractivity contribution in [1.29, 1.82) is 0 Å². The highest BCUT2D eigenvalue weighted by molar-refractivity contribution is 7.99. The van der Waals surface area contributed by atoms with Gasteiger partial charge < -0.3 is 9.73 Å². The second-order valence-electron chi connectivity index (χ2n) is 7.35. The Balaban J connectivity index is 1.47. The molecule has 8 heteroatoms. The van der Waals surface area contributed by atoms with Gasteiger partial charge >= 0.3 is 6.03 Å². The first-order valence-electron chi connectivity index (χ1n) is 9.56. The molecule has 150 valence electrons. The first-order valence-corrected chi connectivity index (χ1v) is 10.5. The van der Waals surface area contributed by atoms with E-state index in [9.17, 15) is 9.59 Å². The molecule has 2 atom stereocenters. The number of amides is 3. The summed E-state index contributed by atoms with van der Waals surface area (Å²) in [6, 6.07) is 5.60. The molecule has 7 nitrogen and oxygen atoms in total. The summed E-state index contributed by atoms with van der Waals surface area (Å²) in [4.78, 5) is 24.0. The average molecular weight is 403 g/mol. The Morgan fingerprint density at radius 1 is 1.18 bits per heavy atom. The average Bonchev–Trinajstić information content (AvgIpc) is 3.13. The smallest absolute Gasteiger partial charge is 0.321 e. The Labute approximate surface area is 169 Å². The lowest BCUT2D eigenvalue weighted by molar-refractivity contribution is -0.117. The van der Waals surface area contributed by atoms with Gasteiger partial charge in [0, 0.05) is 11.6 Å². The summed E-state index contributed by atoms with van der Waals surface area (Å²) in [5, 5.41) is 13.6. The van der Waals surface area contributed by atoms with Gasteiger partial charge in [0.05, 0.1) is 5.75 Å². The summed E-state index contributed by atoms with van der Waals surface area (Å²) in [5.74, 6) is 0.487. The highest BCUT2D eigenvalue weighted by atomic mass is 32.2. The summed E-state index contributed by atoms with van der Waals surface area (Å²) >= 11 is 1.11. The number of nitrogens with zero attached hydrogens (tertiary/aromatic N) is 2. The van der Waals surface area contributed by atoms with Crippen LogP contribution in [0.25, 0.3) is 11.5 Å². The van der Waals surface area contributed by atoms with Crippen molar-refractivity contribution in [3.8, 4) is 11.5 Å². The molecule has 0 bridgehead atoms. The second kappa shape index (κ2) is 9.23. The molecule has 3 amide bonds. The lowest BCUT2D eigenvalue weighted by atomic mass is 9.86. The van der Waals surface area contributed by atoms with Crippen LogP contribution in [0.3, 0.4) is 0 Å². The van der Waals surface area contributed by atoms with Crippen molar-refractivity contribution in [1.82, 2.24) is 20.8 Å². The van der Waals surface area contributed by atoms with Crippen molar-refractivity contribution in [2.45, 2.75) is 57.7 Å². The quantitative estimate of drug-likeness (QED) is 0.737.